The summed E-state index contributed by atoms with van der Waals surface area (Å²) in [5.74, 6) is -2.18. The van der Waals surface area contributed by atoms with Crippen LogP contribution in [0.2, 0.25) is 18.1 Å². The highest BCUT2D eigenvalue weighted by Crippen LogP contribution is 2.41. The lowest BCUT2D eigenvalue weighted by Crippen LogP contribution is -2.69. The van der Waals surface area contributed by atoms with Crippen molar-refractivity contribution < 1.29 is 41.7 Å². The van der Waals surface area contributed by atoms with Crippen LogP contribution < -0.4 is 5.32 Å². The number of alkyl halides is 3. The number of carbonyl (C=O) groups excluding carboxylic acids is 1. The maximum Gasteiger partial charge on any atom is 0.471 e. The minimum absolute atomic E-state index is 0.0403. The van der Waals surface area contributed by atoms with E-state index in [-0.39, 0.29) is 11.6 Å². The Balaban J connectivity index is 1.93. The number of rotatable bonds is 4. The molecule has 3 rings (SSSR count). The van der Waals surface area contributed by atoms with Crippen LogP contribution in [0, 0.1) is 0 Å². The second kappa shape index (κ2) is 9.03. The predicted octanol–water partition coefficient (Wildman–Crippen LogP) is 3.26. The van der Waals surface area contributed by atoms with Crippen LogP contribution in [0.3, 0.4) is 0 Å². The van der Waals surface area contributed by atoms with Crippen LogP contribution in [0.25, 0.3) is 0 Å². The number of aliphatic hydroxyl groups excluding tert-OH is 1. The van der Waals surface area contributed by atoms with Gasteiger partial charge < -0.3 is 29.1 Å². The van der Waals surface area contributed by atoms with Gasteiger partial charge in [0, 0.05) is 5.56 Å². The van der Waals surface area contributed by atoms with E-state index in [1.54, 1.807) is 12.1 Å². The number of halogens is 3. The van der Waals surface area contributed by atoms with Gasteiger partial charge in [0.15, 0.2) is 20.9 Å². The monoisotopic (exact) mass is 477 g/mol. The highest BCUT2D eigenvalue weighted by Gasteiger charge is 2.55. The van der Waals surface area contributed by atoms with Crippen LogP contribution in [0.15, 0.2) is 30.3 Å². The van der Waals surface area contributed by atoms with Gasteiger partial charge in [-0.05, 0) is 18.1 Å². The van der Waals surface area contributed by atoms with Crippen molar-refractivity contribution in [1.82, 2.24) is 5.32 Å². The van der Waals surface area contributed by atoms with Crippen molar-refractivity contribution in [2.75, 3.05) is 6.61 Å². The average molecular weight is 478 g/mol. The predicted molar refractivity (Wildman–Crippen MR) is 111 cm³/mol. The van der Waals surface area contributed by atoms with Gasteiger partial charge in [-0.25, -0.2) is 0 Å². The van der Waals surface area contributed by atoms with Crippen molar-refractivity contribution in [3.63, 3.8) is 0 Å². The number of fused-ring (bicyclic) bond motifs is 1. The van der Waals surface area contributed by atoms with E-state index in [4.69, 9.17) is 18.6 Å². The molecule has 2 N–H and O–H groups in total. The smallest absolute Gasteiger partial charge is 0.409 e. The Morgan fingerprint density at radius 2 is 1.78 bits per heavy atom. The van der Waals surface area contributed by atoms with Crippen molar-refractivity contribution in [3.8, 4) is 0 Å². The van der Waals surface area contributed by atoms with Crippen LogP contribution in [-0.4, -0.2) is 62.8 Å². The van der Waals surface area contributed by atoms with E-state index < -0.39 is 57.3 Å². The molecule has 1 aromatic carbocycles. The lowest BCUT2D eigenvalue weighted by molar-refractivity contribution is -0.336. The number of nitrogens with one attached hydrogen (secondary N) is 1. The second-order valence-electron chi connectivity index (χ2n) is 9.58. The third-order valence-electron chi connectivity index (χ3n) is 6.22. The molecular weight excluding hydrogens is 447 g/mol. The molecule has 0 bridgehead atoms. The Morgan fingerprint density at radius 3 is 2.34 bits per heavy atom. The molecule has 0 saturated carbocycles. The van der Waals surface area contributed by atoms with Gasteiger partial charge in [0.25, 0.3) is 0 Å². The number of hydrogen-bond donors (Lipinski definition) is 2. The number of hydrogen-bond acceptors (Lipinski definition) is 6. The summed E-state index contributed by atoms with van der Waals surface area (Å²) < 4.78 is 62.7. The largest absolute Gasteiger partial charge is 0.471 e. The first-order valence-corrected chi connectivity index (χ1v) is 13.3. The zero-order valence-electron chi connectivity index (χ0n) is 18.7. The zero-order chi connectivity index (χ0) is 23.9. The molecule has 1 aromatic rings. The summed E-state index contributed by atoms with van der Waals surface area (Å²) in [6.07, 6.45) is -10.4. The van der Waals surface area contributed by atoms with E-state index in [0.29, 0.717) is 0 Å². The topological polar surface area (TPSA) is 86.2 Å². The second-order valence-corrected chi connectivity index (χ2v) is 14.3. The van der Waals surface area contributed by atoms with Gasteiger partial charge in [-0.1, -0.05) is 51.1 Å². The molecule has 2 fully saturated rings. The lowest BCUT2D eigenvalue weighted by Gasteiger charge is -2.51. The molecule has 7 nitrogen and oxygen atoms in total. The lowest BCUT2D eigenvalue weighted by atomic mass is 9.95. The summed E-state index contributed by atoms with van der Waals surface area (Å²) in [4.78, 5) is 11.7. The summed E-state index contributed by atoms with van der Waals surface area (Å²) in [7, 11) is -2.56. The van der Waals surface area contributed by atoms with E-state index in [9.17, 15) is 23.1 Å². The standard InChI is InChI=1S/C21H30F3NO6Si/c1-20(2,3)32(4,5)31-16-14(25-19(27)21(22,23)24)17(26)29-13-11-28-18(30-15(13)16)12-9-7-6-8-10-12/h6-10,13-18,26H,11H2,1-5H3,(H,25,27)/t13-,14-,15-,16-,17?,18?/m1/s1. The molecule has 11 heteroatoms. The third kappa shape index (κ3) is 5.34. The first-order valence-electron chi connectivity index (χ1n) is 10.4. The van der Waals surface area contributed by atoms with Gasteiger partial charge >= 0.3 is 12.1 Å². The molecule has 0 radical (unpaired) electrons. The van der Waals surface area contributed by atoms with E-state index in [1.807, 2.05) is 57.4 Å². The molecule has 0 aromatic heterocycles. The first-order chi connectivity index (χ1) is 14.7. The SMILES string of the molecule is CC(C)(C)[Si](C)(C)O[C@H]1[C@@H]2OC(c3ccccc3)OC[C@H]2OC(O)[C@@H]1NC(=O)C(F)(F)F. The zero-order valence-corrected chi connectivity index (χ0v) is 19.7. The molecule has 1 amide bonds. The fourth-order valence-electron chi connectivity index (χ4n) is 3.41. The highest BCUT2D eigenvalue weighted by molar-refractivity contribution is 6.74. The van der Waals surface area contributed by atoms with Crippen LogP contribution >= 0.6 is 0 Å². The molecule has 2 unspecified atom stereocenters. The van der Waals surface area contributed by atoms with E-state index in [1.165, 1.54) is 0 Å². The molecule has 2 aliphatic heterocycles. The number of carbonyl (C=O) groups is 1. The molecule has 0 spiro atoms. The molecule has 180 valence electrons. The Kier molecular flexibility index (Phi) is 7.09. The average Bonchev–Trinajstić information content (AvgIpc) is 2.69. The minimum atomic E-state index is -5.12. The van der Waals surface area contributed by atoms with Gasteiger partial charge in [0.2, 0.25) is 0 Å². The van der Waals surface area contributed by atoms with Crippen molar-refractivity contribution in [1.29, 1.82) is 0 Å². The highest BCUT2D eigenvalue weighted by atomic mass is 28.4. The summed E-state index contributed by atoms with van der Waals surface area (Å²) in [5, 5.41) is 12.1. The maximum absolute atomic E-state index is 13.0. The van der Waals surface area contributed by atoms with E-state index in [2.05, 4.69) is 0 Å². The summed E-state index contributed by atoms with van der Waals surface area (Å²) in [5.41, 5.74) is 0.721. The molecule has 2 aliphatic rings. The molecular formula is C21H30F3NO6Si. The van der Waals surface area contributed by atoms with Crippen LogP contribution in [-0.2, 0) is 23.4 Å². The molecule has 2 heterocycles. The molecule has 6 atom stereocenters. The van der Waals surface area contributed by atoms with E-state index in [0.717, 1.165) is 5.56 Å². The van der Waals surface area contributed by atoms with Gasteiger partial charge in [0.05, 0.1) is 12.7 Å². The van der Waals surface area contributed by atoms with Crippen molar-refractivity contribution in [2.24, 2.45) is 0 Å². The van der Waals surface area contributed by atoms with Gasteiger partial charge in [-0.2, -0.15) is 13.2 Å². The Bertz CT molecular complexity index is 801. The molecule has 2 saturated heterocycles. The number of benzene rings is 1. The number of amides is 1. The van der Waals surface area contributed by atoms with Crippen molar-refractivity contribution in [3.05, 3.63) is 35.9 Å². The Labute approximate surface area is 186 Å². The van der Waals surface area contributed by atoms with Gasteiger partial charge in [0.1, 0.15) is 18.2 Å². The summed E-state index contributed by atoms with van der Waals surface area (Å²) in [6.45, 7) is 9.84. The first kappa shape index (κ1) is 25.1. The fraction of sp³-hybridized carbons (Fsp3) is 0.667. The summed E-state index contributed by atoms with van der Waals surface area (Å²) in [6, 6.07) is 7.58. The van der Waals surface area contributed by atoms with Crippen LogP contribution in [0.4, 0.5) is 13.2 Å². The minimum Gasteiger partial charge on any atom is -0.409 e. The van der Waals surface area contributed by atoms with Crippen molar-refractivity contribution >= 4 is 14.2 Å². The normalized spacial score (nSPS) is 31.7. The fourth-order valence-corrected chi connectivity index (χ4v) is 4.73. The van der Waals surface area contributed by atoms with Crippen molar-refractivity contribution in [2.45, 2.75) is 82.0 Å². The number of ether oxygens (including phenoxy) is 3. The molecule has 32 heavy (non-hydrogen) atoms. The quantitative estimate of drug-likeness (QED) is 0.648. The number of aliphatic hydroxyl groups is 1. The van der Waals surface area contributed by atoms with Crippen LogP contribution in [0.5, 0.6) is 0 Å². The maximum atomic E-state index is 13.0. The molecule has 0 aliphatic carbocycles. The Morgan fingerprint density at radius 1 is 1.16 bits per heavy atom. The summed E-state index contributed by atoms with van der Waals surface area (Å²) >= 11 is 0. The van der Waals surface area contributed by atoms with Gasteiger partial charge in [-0.15, -0.1) is 0 Å². The van der Waals surface area contributed by atoms with E-state index >= 15 is 0 Å². The van der Waals surface area contributed by atoms with Gasteiger partial charge in [-0.3, -0.25) is 4.79 Å². The van der Waals surface area contributed by atoms with Crippen LogP contribution in [0.1, 0.15) is 32.6 Å². The third-order valence-corrected chi connectivity index (χ3v) is 10.7. The Hall–Kier alpha value is -1.50.